The van der Waals surface area contributed by atoms with Gasteiger partial charge in [-0.2, -0.15) is 0 Å². The van der Waals surface area contributed by atoms with Crippen molar-refractivity contribution >= 4 is 22.2 Å². The van der Waals surface area contributed by atoms with Crippen LogP contribution in [0.4, 0.5) is 4.39 Å². The maximum Gasteiger partial charge on any atom is 0.150 e. The van der Waals surface area contributed by atoms with Crippen LogP contribution in [-0.2, 0) is 0 Å². The van der Waals surface area contributed by atoms with Gasteiger partial charge in [0.05, 0.1) is 10.9 Å². The molecule has 0 saturated carbocycles. The van der Waals surface area contributed by atoms with Crippen molar-refractivity contribution in [2.75, 3.05) is 5.33 Å². The standard InChI is InChI=1S/C10H6BrFO/c11-5-1-2-9-4-3-8(7-13)6-10(9)12/h3-4,6-7H,5H2. The molecular formula is C10H6BrFO. The maximum atomic E-state index is 13.1. The Bertz CT molecular complexity index is 376. The lowest BCUT2D eigenvalue weighted by atomic mass is 10.1. The van der Waals surface area contributed by atoms with E-state index in [4.69, 9.17) is 0 Å². The van der Waals surface area contributed by atoms with Gasteiger partial charge >= 0.3 is 0 Å². The Morgan fingerprint density at radius 2 is 2.31 bits per heavy atom. The third-order valence-electron chi connectivity index (χ3n) is 1.42. The molecule has 0 radical (unpaired) electrons. The highest BCUT2D eigenvalue weighted by Gasteiger charge is 1.99. The van der Waals surface area contributed by atoms with E-state index in [2.05, 4.69) is 27.8 Å². The minimum Gasteiger partial charge on any atom is -0.298 e. The van der Waals surface area contributed by atoms with Crippen LogP contribution in [0.1, 0.15) is 15.9 Å². The summed E-state index contributed by atoms with van der Waals surface area (Å²) >= 11 is 3.11. The summed E-state index contributed by atoms with van der Waals surface area (Å²) in [7, 11) is 0. The smallest absolute Gasteiger partial charge is 0.150 e. The van der Waals surface area contributed by atoms with Crippen molar-refractivity contribution in [3.05, 3.63) is 35.1 Å². The van der Waals surface area contributed by atoms with Crippen LogP contribution in [0.5, 0.6) is 0 Å². The van der Waals surface area contributed by atoms with Gasteiger partial charge in [-0.3, -0.25) is 4.79 Å². The van der Waals surface area contributed by atoms with E-state index < -0.39 is 5.82 Å². The van der Waals surface area contributed by atoms with Gasteiger partial charge < -0.3 is 0 Å². The Labute approximate surface area is 84.1 Å². The Kier molecular flexibility index (Phi) is 3.66. The van der Waals surface area contributed by atoms with E-state index in [9.17, 15) is 9.18 Å². The summed E-state index contributed by atoms with van der Waals surface area (Å²) < 4.78 is 13.1. The van der Waals surface area contributed by atoms with E-state index in [-0.39, 0.29) is 0 Å². The number of hydrogen-bond donors (Lipinski definition) is 0. The maximum absolute atomic E-state index is 13.1. The molecule has 0 N–H and O–H groups in total. The van der Waals surface area contributed by atoms with Gasteiger partial charge in [-0.1, -0.05) is 33.8 Å². The van der Waals surface area contributed by atoms with Crippen molar-refractivity contribution < 1.29 is 9.18 Å². The largest absolute Gasteiger partial charge is 0.298 e. The lowest BCUT2D eigenvalue weighted by Crippen LogP contribution is -1.87. The predicted octanol–water partition coefficient (Wildman–Crippen LogP) is 2.38. The van der Waals surface area contributed by atoms with Crippen molar-refractivity contribution in [1.29, 1.82) is 0 Å². The molecule has 0 aliphatic rings. The summed E-state index contributed by atoms with van der Waals surface area (Å²) in [6.07, 6.45) is 0.602. The summed E-state index contributed by atoms with van der Waals surface area (Å²) in [4.78, 5) is 10.3. The molecule has 1 nitrogen and oxygen atoms in total. The third-order valence-corrected chi connectivity index (χ3v) is 1.70. The summed E-state index contributed by atoms with van der Waals surface area (Å²) in [5.41, 5.74) is 0.631. The highest BCUT2D eigenvalue weighted by atomic mass is 79.9. The zero-order valence-corrected chi connectivity index (χ0v) is 8.27. The molecule has 1 aromatic rings. The van der Waals surface area contributed by atoms with Crippen LogP contribution in [0.25, 0.3) is 0 Å². The topological polar surface area (TPSA) is 17.1 Å². The SMILES string of the molecule is O=Cc1ccc(C#CCBr)c(F)c1. The lowest BCUT2D eigenvalue weighted by Gasteiger charge is -1.94. The monoisotopic (exact) mass is 240 g/mol. The zero-order valence-electron chi connectivity index (χ0n) is 6.68. The quantitative estimate of drug-likeness (QED) is 0.419. The first-order chi connectivity index (χ1) is 6.27. The minimum atomic E-state index is -0.460. The summed E-state index contributed by atoms with van der Waals surface area (Å²) in [6.45, 7) is 0. The number of carbonyl (C=O) groups excluding carboxylic acids is 1. The molecule has 13 heavy (non-hydrogen) atoms. The van der Waals surface area contributed by atoms with Crippen LogP contribution in [0.2, 0.25) is 0 Å². The fourth-order valence-corrected chi connectivity index (χ4v) is 0.975. The second-order valence-corrected chi connectivity index (χ2v) is 2.85. The van der Waals surface area contributed by atoms with Crippen molar-refractivity contribution in [2.24, 2.45) is 0 Å². The summed E-state index contributed by atoms with van der Waals surface area (Å²) in [5.74, 6) is 4.85. The zero-order chi connectivity index (χ0) is 9.68. The molecule has 0 fully saturated rings. The van der Waals surface area contributed by atoms with Crippen molar-refractivity contribution in [1.82, 2.24) is 0 Å². The van der Waals surface area contributed by atoms with Gasteiger partial charge in [-0.05, 0) is 12.1 Å². The van der Waals surface area contributed by atoms with Crippen LogP contribution < -0.4 is 0 Å². The van der Waals surface area contributed by atoms with E-state index in [1.165, 1.54) is 18.2 Å². The second kappa shape index (κ2) is 4.78. The summed E-state index contributed by atoms with van der Waals surface area (Å²) in [6, 6.07) is 4.20. The Balaban J connectivity index is 3.05. The Morgan fingerprint density at radius 3 is 2.85 bits per heavy atom. The van der Waals surface area contributed by atoms with Crippen LogP contribution in [0, 0.1) is 17.7 Å². The molecule has 0 aromatic heterocycles. The fraction of sp³-hybridized carbons (Fsp3) is 0.100. The predicted molar refractivity (Wildman–Crippen MR) is 52.5 cm³/mol. The molecule has 0 heterocycles. The van der Waals surface area contributed by atoms with Crippen LogP contribution in [0.3, 0.4) is 0 Å². The van der Waals surface area contributed by atoms with Gasteiger partial charge in [-0.25, -0.2) is 4.39 Å². The average molecular weight is 241 g/mol. The normalized spacial score (nSPS) is 8.77. The molecule has 0 amide bonds. The van der Waals surface area contributed by atoms with E-state index in [0.717, 1.165) is 0 Å². The molecule has 1 rings (SSSR count). The molecular weight excluding hydrogens is 235 g/mol. The van der Waals surface area contributed by atoms with E-state index in [0.29, 0.717) is 22.7 Å². The number of aldehydes is 1. The number of alkyl halides is 1. The van der Waals surface area contributed by atoms with Gasteiger partial charge in [0, 0.05) is 5.56 Å². The molecule has 0 unspecified atom stereocenters. The third kappa shape index (κ3) is 2.67. The molecule has 0 atom stereocenters. The van der Waals surface area contributed by atoms with E-state index in [1.54, 1.807) is 0 Å². The molecule has 0 spiro atoms. The van der Waals surface area contributed by atoms with E-state index >= 15 is 0 Å². The van der Waals surface area contributed by atoms with Crippen molar-refractivity contribution in [3.8, 4) is 11.8 Å². The first-order valence-electron chi connectivity index (χ1n) is 3.57. The lowest BCUT2D eigenvalue weighted by molar-refractivity contribution is 0.112. The average Bonchev–Trinajstić information content (AvgIpc) is 2.16. The molecule has 0 saturated heterocycles. The van der Waals surface area contributed by atoms with Crippen LogP contribution in [-0.4, -0.2) is 11.6 Å². The highest BCUT2D eigenvalue weighted by Crippen LogP contribution is 2.07. The Hall–Kier alpha value is -1.14. The van der Waals surface area contributed by atoms with Crippen molar-refractivity contribution in [3.63, 3.8) is 0 Å². The number of halogens is 2. The molecule has 0 aliphatic carbocycles. The number of carbonyl (C=O) groups is 1. The molecule has 0 aliphatic heterocycles. The van der Waals surface area contributed by atoms with Gasteiger partial charge in [0.25, 0.3) is 0 Å². The van der Waals surface area contributed by atoms with Gasteiger partial charge in [0.15, 0.2) is 0 Å². The van der Waals surface area contributed by atoms with Crippen molar-refractivity contribution in [2.45, 2.75) is 0 Å². The van der Waals surface area contributed by atoms with Crippen LogP contribution in [0.15, 0.2) is 18.2 Å². The fourth-order valence-electron chi connectivity index (χ4n) is 0.835. The molecule has 3 heteroatoms. The van der Waals surface area contributed by atoms with Crippen LogP contribution >= 0.6 is 15.9 Å². The molecule has 1 aromatic carbocycles. The summed E-state index contributed by atoms with van der Waals surface area (Å²) in [5, 5.41) is 0.502. The Morgan fingerprint density at radius 1 is 1.54 bits per heavy atom. The first kappa shape index (κ1) is 9.94. The molecule has 0 bridgehead atoms. The first-order valence-corrected chi connectivity index (χ1v) is 4.69. The minimum absolute atomic E-state index is 0.310. The van der Waals surface area contributed by atoms with Gasteiger partial charge in [0.2, 0.25) is 0 Å². The molecule has 66 valence electrons. The highest BCUT2D eigenvalue weighted by molar-refractivity contribution is 9.09. The number of rotatable bonds is 1. The number of benzene rings is 1. The second-order valence-electron chi connectivity index (χ2n) is 2.29. The van der Waals surface area contributed by atoms with Gasteiger partial charge in [0.1, 0.15) is 12.1 Å². The number of hydrogen-bond acceptors (Lipinski definition) is 1. The van der Waals surface area contributed by atoms with Gasteiger partial charge in [-0.15, -0.1) is 0 Å². The van der Waals surface area contributed by atoms with E-state index in [1.807, 2.05) is 0 Å².